The SMILES string of the molecule is CCOCCn1c(C)c(N)ccc1=O. The second-order valence-electron chi connectivity index (χ2n) is 3.06. The third kappa shape index (κ3) is 2.35. The first-order valence-electron chi connectivity index (χ1n) is 4.70. The van der Waals surface area contributed by atoms with Crippen LogP contribution in [0.15, 0.2) is 16.9 Å². The minimum atomic E-state index is -0.0311. The van der Waals surface area contributed by atoms with Gasteiger partial charge in [0.05, 0.1) is 12.3 Å². The molecule has 1 aromatic heterocycles. The first-order valence-corrected chi connectivity index (χ1v) is 4.70. The Bertz CT molecular complexity index is 358. The van der Waals surface area contributed by atoms with Crippen molar-refractivity contribution in [2.75, 3.05) is 18.9 Å². The summed E-state index contributed by atoms with van der Waals surface area (Å²) in [6.07, 6.45) is 0. The van der Waals surface area contributed by atoms with Gasteiger partial charge in [0.1, 0.15) is 0 Å². The summed E-state index contributed by atoms with van der Waals surface area (Å²) in [5.74, 6) is 0. The number of anilines is 1. The van der Waals surface area contributed by atoms with Crippen molar-refractivity contribution >= 4 is 5.69 Å². The maximum Gasteiger partial charge on any atom is 0.250 e. The van der Waals surface area contributed by atoms with Crippen molar-refractivity contribution in [3.63, 3.8) is 0 Å². The van der Waals surface area contributed by atoms with Crippen LogP contribution in [0.25, 0.3) is 0 Å². The van der Waals surface area contributed by atoms with Crippen molar-refractivity contribution in [1.82, 2.24) is 4.57 Å². The van der Waals surface area contributed by atoms with E-state index in [0.29, 0.717) is 25.4 Å². The number of hydrogen-bond acceptors (Lipinski definition) is 3. The Kier molecular flexibility index (Phi) is 3.71. The first kappa shape index (κ1) is 10.8. The molecular weight excluding hydrogens is 180 g/mol. The van der Waals surface area contributed by atoms with E-state index in [1.54, 1.807) is 10.6 Å². The maximum atomic E-state index is 11.4. The van der Waals surface area contributed by atoms with Crippen molar-refractivity contribution in [2.45, 2.75) is 20.4 Å². The Morgan fingerprint density at radius 3 is 2.86 bits per heavy atom. The van der Waals surface area contributed by atoms with Gasteiger partial charge in [-0.05, 0) is 19.9 Å². The fourth-order valence-electron chi connectivity index (χ4n) is 1.27. The number of rotatable bonds is 4. The third-order valence-corrected chi connectivity index (χ3v) is 2.16. The largest absolute Gasteiger partial charge is 0.397 e. The molecule has 4 heteroatoms. The second-order valence-corrected chi connectivity index (χ2v) is 3.06. The minimum Gasteiger partial charge on any atom is -0.397 e. The van der Waals surface area contributed by atoms with Crippen LogP contribution in [0.2, 0.25) is 0 Å². The Hall–Kier alpha value is -1.29. The smallest absolute Gasteiger partial charge is 0.250 e. The van der Waals surface area contributed by atoms with Gasteiger partial charge in [-0.15, -0.1) is 0 Å². The molecule has 4 nitrogen and oxygen atoms in total. The molecule has 78 valence electrons. The average Bonchev–Trinajstić information content (AvgIpc) is 2.18. The first-order chi connectivity index (χ1) is 6.66. The molecule has 0 fully saturated rings. The highest BCUT2D eigenvalue weighted by molar-refractivity contribution is 5.41. The molecule has 1 rings (SSSR count). The average molecular weight is 196 g/mol. The molecule has 0 saturated heterocycles. The summed E-state index contributed by atoms with van der Waals surface area (Å²) in [6, 6.07) is 3.11. The van der Waals surface area contributed by atoms with Crippen LogP contribution in [0, 0.1) is 6.92 Å². The summed E-state index contributed by atoms with van der Waals surface area (Å²) in [7, 11) is 0. The Balaban J connectivity index is 2.84. The van der Waals surface area contributed by atoms with Crippen molar-refractivity contribution in [3.05, 3.63) is 28.2 Å². The molecule has 0 bridgehead atoms. The number of hydrogen-bond donors (Lipinski definition) is 1. The topological polar surface area (TPSA) is 57.2 Å². The standard InChI is InChI=1S/C10H16N2O2/c1-3-14-7-6-12-8(2)9(11)4-5-10(12)13/h4-5H,3,6-7,11H2,1-2H3. The van der Waals surface area contributed by atoms with E-state index in [1.165, 1.54) is 6.07 Å². The Morgan fingerprint density at radius 2 is 2.21 bits per heavy atom. The van der Waals surface area contributed by atoms with Crippen LogP contribution in [-0.4, -0.2) is 17.8 Å². The molecule has 0 saturated carbocycles. The summed E-state index contributed by atoms with van der Waals surface area (Å²) in [4.78, 5) is 11.4. The monoisotopic (exact) mass is 196 g/mol. The number of ether oxygens (including phenoxy) is 1. The van der Waals surface area contributed by atoms with Gasteiger partial charge in [0.15, 0.2) is 0 Å². The molecular formula is C10H16N2O2. The molecule has 0 aliphatic rings. The molecule has 1 aromatic rings. The van der Waals surface area contributed by atoms with Crippen molar-refractivity contribution < 1.29 is 4.74 Å². The van der Waals surface area contributed by atoms with Gasteiger partial charge in [0.25, 0.3) is 5.56 Å². The molecule has 0 spiro atoms. The van der Waals surface area contributed by atoms with Gasteiger partial charge in [0, 0.05) is 24.9 Å². The van der Waals surface area contributed by atoms with Crippen LogP contribution in [0.1, 0.15) is 12.6 Å². The zero-order valence-electron chi connectivity index (χ0n) is 8.62. The predicted octanol–water partition coefficient (Wildman–Crippen LogP) is 0.775. The van der Waals surface area contributed by atoms with Gasteiger partial charge >= 0.3 is 0 Å². The van der Waals surface area contributed by atoms with Crippen molar-refractivity contribution in [3.8, 4) is 0 Å². The third-order valence-electron chi connectivity index (χ3n) is 2.16. The molecule has 0 aromatic carbocycles. The lowest BCUT2D eigenvalue weighted by Crippen LogP contribution is -2.24. The molecule has 1 heterocycles. The fourth-order valence-corrected chi connectivity index (χ4v) is 1.27. The van der Waals surface area contributed by atoms with E-state index < -0.39 is 0 Å². The highest BCUT2D eigenvalue weighted by atomic mass is 16.5. The highest BCUT2D eigenvalue weighted by Gasteiger charge is 2.02. The maximum absolute atomic E-state index is 11.4. The summed E-state index contributed by atoms with van der Waals surface area (Å²) < 4.78 is 6.82. The lowest BCUT2D eigenvalue weighted by Gasteiger charge is -2.11. The van der Waals surface area contributed by atoms with Gasteiger partial charge in [-0.25, -0.2) is 0 Å². The van der Waals surface area contributed by atoms with Crippen LogP contribution in [-0.2, 0) is 11.3 Å². The lowest BCUT2D eigenvalue weighted by molar-refractivity contribution is 0.138. The molecule has 0 aliphatic carbocycles. The lowest BCUT2D eigenvalue weighted by atomic mass is 10.3. The van der Waals surface area contributed by atoms with E-state index in [-0.39, 0.29) is 5.56 Å². The second kappa shape index (κ2) is 4.81. The molecule has 0 unspecified atom stereocenters. The van der Waals surface area contributed by atoms with Crippen molar-refractivity contribution in [1.29, 1.82) is 0 Å². The molecule has 0 atom stereocenters. The fraction of sp³-hybridized carbons (Fsp3) is 0.500. The van der Waals surface area contributed by atoms with Crippen LogP contribution >= 0.6 is 0 Å². The molecule has 0 radical (unpaired) electrons. The zero-order chi connectivity index (χ0) is 10.6. The van der Waals surface area contributed by atoms with Gasteiger partial charge in [-0.3, -0.25) is 4.79 Å². The zero-order valence-corrected chi connectivity index (χ0v) is 8.62. The predicted molar refractivity (Wildman–Crippen MR) is 56.3 cm³/mol. The minimum absolute atomic E-state index is 0.0311. The summed E-state index contributed by atoms with van der Waals surface area (Å²) in [6.45, 7) is 5.53. The van der Waals surface area contributed by atoms with E-state index in [9.17, 15) is 4.79 Å². The van der Waals surface area contributed by atoms with Gasteiger partial charge in [-0.1, -0.05) is 0 Å². The highest BCUT2D eigenvalue weighted by Crippen LogP contribution is 2.05. The Labute approximate surface area is 83.3 Å². The number of nitrogens with zero attached hydrogens (tertiary/aromatic N) is 1. The van der Waals surface area contributed by atoms with E-state index in [0.717, 1.165) is 5.69 Å². The van der Waals surface area contributed by atoms with Crippen LogP contribution in [0.3, 0.4) is 0 Å². The van der Waals surface area contributed by atoms with Crippen LogP contribution in [0.5, 0.6) is 0 Å². The number of nitrogens with two attached hydrogens (primary N) is 1. The van der Waals surface area contributed by atoms with E-state index in [1.807, 2.05) is 13.8 Å². The number of aromatic nitrogens is 1. The number of nitrogen functional groups attached to an aromatic ring is 1. The summed E-state index contributed by atoms with van der Waals surface area (Å²) in [5, 5.41) is 0. The molecule has 0 aliphatic heterocycles. The van der Waals surface area contributed by atoms with Gasteiger partial charge < -0.3 is 15.0 Å². The Morgan fingerprint density at radius 1 is 1.50 bits per heavy atom. The van der Waals surface area contributed by atoms with Crippen LogP contribution < -0.4 is 11.3 Å². The van der Waals surface area contributed by atoms with Gasteiger partial charge in [0.2, 0.25) is 0 Å². The molecule has 14 heavy (non-hydrogen) atoms. The number of pyridine rings is 1. The van der Waals surface area contributed by atoms with Crippen LogP contribution in [0.4, 0.5) is 5.69 Å². The summed E-state index contributed by atoms with van der Waals surface area (Å²) >= 11 is 0. The van der Waals surface area contributed by atoms with Gasteiger partial charge in [-0.2, -0.15) is 0 Å². The molecule has 0 amide bonds. The van der Waals surface area contributed by atoms with Crippen molar-refractivity contribution in [2.24, 2.45) is 0 Å². The van der Waals surface area contributed by atoms with E-state index >= 15 is 0 Å². The summed E-state index contributed by atoms with van der Waals surface area (Å²) in [5.41, 5.74) is 7.10. The van der Waals surface area contributed by atoms with E-state index in [4.69, 9.17) is 10.5 Å². The molecule has 2 N–H and O–H groups in total. The normalized spacial score (nSPS) is 10.4. The van der Waals surface area contributed by atoms with E-state index in [2.05, 4.69) is 0 Å². The quantitative estimate of drug-likeness (QED) is 0.724.